The van der Waals surface area contributed by atoms with Gasteiger partial charge in [0.05, 0.1) is 12.1 Å². The van der Waals surface area contributed by atoms with E-state index in [9.17, 15) is 4.79 Å². The average molecular weight is 518 g/mol. The minimum absolute atomic E-state index is 0.201. The molecule has 0 spiro atoms. The standard InChI is InChI=1S/C33H43NO4/c1-6-7-8-12-21-36-32-31(37-22-20-26(4)15-13-14-25(2)3)29-19-18-28(23-30(29)34(5)33(32)35)38-24-27-16-10-9-11-17-27/h9-11,14,16-20,23H,6-8,12-13,15,21-22,24H2,1-5H3/b26-20+. The molecular formula is C33H43NO4. The maximum Gasteiger partial charge on any atom is 0.297 e. The molecule has 204 valence electrons. The third-order valence-corrected chi connectivity index (χ3v) is 6.52. The number of hydrogen-bond acceptors (Lipinski definition) is 4. The number of fused-ring (bicyclic) bond motifs is 1. The zero-order chi connectivity index (χ0) is 27.3. The molecule has 0 saturated heterocycles. The van der Waals surface area contributed by atoms with E-state index >= 15 is 0 Å². The van der Waals surface area contributed by atoms with E-state index in [2.05, 4.69) is 39.8 Å². The molecule has 0 atom stereocenters. The largest absolute Gasteiger partial charge is 0.489 e. The zero-order valence-electron chi connectivity index (χ0n) is 23.7. The van der Waals surface area contributed by atoms with Gasteiger partial charge in [-0.15, -0.1) is 0 Å². The molecule has 0 aliphatic carbocycles. The van der Waals surface area contributed by atoms with Crippen molar-refractivity contribution in [2.75, 3.05) is 13.2 Å². The van der Waals surface area contributed by atoms with Crippen LogP contribution in [-0.2, 0) is 13.7 Å². The van der Waals surface area contributed by atoms with E-state index in [-0.39, 0.29) is 11.3 Å². The lowest BCUT2D eigenvalue weighted by Crippen LogP contribution is -2.21. The lowest BCUT2D eigenvalue weighted by atomic mass is 10.1. The van der Waals surface area contributed by atoms with Crippen LogP contribution in [0.25, 0.3) is 10.9 Å². The molecule has 2 aromatic carbocycles. The molecule has 5 heteroatoms. The summed E-state index contributed by atoms with van der Waals surface area (Å²) in [6, 6.07) is 15.8. The number of hydrogen-bond donors (Lipinski definition) is 0. The summed E-state index contributed by atoms with van der Waals surface area (Å²) >= 11 is 0. The van der Waals surface area contributed by atoms with Gasteiger partial charge < -0.3 is 18.8 Å². The average Bonchev–Trinajstić information content (AvgIpc) is 2.91. The number of nitrogens with zero attached hydrogens (tertiary/aromatic N) is 1. The van der Waals surface area contributed by atoms with Gasteiger partial charge in [0.15, 0.2) is 5.75 Å². The SMILES string of the molecule is CCCCCCOc1c(OC/C=C(\C)CCC=C(C)C)c2ccc(OCc3ccccc3)cc2n(C)c1=O. The molecule has 0 N–H and O–H groups in total. The molecule has 0 saturated carbocycles. The van der Waals surface area contributed by atoms with Crippen LogP contribution in [0.1, 0.15) is 71.8 Å². The number of ether oxygens (including phenoxy) is 3. The van der Waals surface area contributed by atoms with Gasteiger partial charge in [0.2, 0.25) is 5.75 Å². The molecule has 0 aliphatic rings. The van der Waals surface area contributed by atoms with Crippen LogP contribution in [0.2, 0.25) is 0 Å². The van der Waals surface area contributed by atoms with Crippen molar-refractivity contribution in [3.63, 3.8) is 0 Å². The van der Waals surface area contributed by atoms with E-state index in [1.54, 1.807) is 11.6 Å². The van der Waals surface area contributed by atoms with Crippen LogP contribution in [0.15, 0.2) is 76.6 Å². The Labute approximate surface area is 227 Å². The molecule has 3 rings (SSSR count). The van der Waals surface area contributed by atoms with Gasteiger partial charge in [0.25, 0.3) is 5.56 Å². The second-order valence-electron chi connectivity index (χ2n) is 10.1. The predicted molar refractivity (Wildman–Crippen MR) is 158 cm³/mol. The number of pyridine rings is 1. The predicted octanol–water partition coefficient (Wildman–Crippen LogP) is 8.15. The number of unbranched alkanes of at least 4 members (excludes halogenated alkanes) is 3. The fourth-order valence-electron chi connectivity index (χ4n) is 4.22. The molecule has 3 aromatic rings. The van der Waals surface area contributed by atoms with E-state index in [1.807, 2.05) is 48.5 Å². The Morgan fingerprint density at radius 1 is 0.895 bits per heavy atom. The van der Waals surface area contributed by atoms with Crippen molar-refractivity contribution in [3.8, 4) is 17.2 Å². The fourth-order valence-corrected chi connectivity index (χ4v) is 4.22. The molecule has 5 nitrogen and oxygen atoms in total. The van der Waals surface area contributed by atoms with Crippen molar-refractivity contribution < 1.29 is 14.2 Å². The lowest BCUT2D eigenvalue weighted by Gasteiger charge is -2.17. The van der Waals surface area contributed by atoms with E-state index in [0.29, 0.717) is 31.3 Å². The van der Waals surface area contributed by atoms with Crippen LogP contribution in [0.3, 0.4) is 0 Å². The minimum Gasteiger partial charge on any atom is -0.489 e. The number of aromatic nitrogens is 1. The second-order valence-corrected chi connectivity index (χ2v) is 10.1. The summed E-state index contributed by atoms with van der Waals surface area (Å²) in [6.07, 6.45) is 10.6. The van der Waals surface area contributed by atoms with Crippen molar-refractivity contribution in [2.24, 2.45) is 7.05 Å². The van der Waals surface area contributed by atoms with Gasteiger partial charge in [-0.25, -0.2) is 0 Å². The Morgan fingerprint density at radius 3 is 2.42 bits per heavy atom. The first-order valence-corrected chi connectivity index (χ1v) is 13.8. The highest BCUT2D eigenvalue weighted by atomic mass is 16.5. The Bertz CT molecular complexity index is 1280. The minimum atomic E-state index is -0.201. The monoisotopic (exact) mass is 517 g/mol. The van der Waals surface area contributed by atoms with Crippen LogP contribution in [-0.4, -0.2) is 17.8 Å². The van der Waals surface area contributed by atoms with Crippen LogP contribution in [0.4, 0.5) is 0 Å². The second kappa shape index (κ2) is 15.1. The van der Waals surface area contributed by atoms with E-state index in [4.69, 9.17) is 14.2 Å². The first kappa shape index (κ1) is 29.1. The molecule has 0 amide bonds. The van der Waals surface area contributed by atoms with Gasteiger partial charge in [0, 0.05) is 18.5 Å². The van der Waals surface area contributed by atoms with Gasteiger partial charge >= 0.3 is 0 Å². The Morgan fingerprint density at radius 2 is 1.68 bits per heavy atom. The quantitative estimate of drug-likeness (QED) is 0.151. The zero-order valence-corrected chi connectivity index (χ0v) is 23.7. The molecule has 1 heterocycles. The summed E-state index contributed by atoms with van der Waals surface area (Å²) in [5.74, 6) is 1.48. The van der Waals surface area contributed by atoms with Crippen LogP contribution in [0, 0.1) is 0 Å². The van der Waals surface area contributed by atoms with Crippen LogP contribution in [0.5, 0.6) is 17.2 Å². The summed E-state index contributed by atoms with van der Waals surface area (Å²) in [4.78, 5) is 13.4. The summed E-state index contributed by atoms with van der Waals surface area (Å²) in [5, 5.41) is 0.832. The van der Waals surface area contributed by atoms with E-state index in [0.717, 1.165) is 55.0 Å². The third-order valence-electron chi connectivity index (χ3n) is 6.52. The van der Waals surface area contributed by atoms with Gasteiger partial charge in [-0.2, -0.15) is 0 Å². The van der Waals surface area contributed by atoms with Crippen molar-refractivity contribution >= 4 is 10.9 Å². The van der Waals surface area contributed by atoms with Crippen LogP contribution < -0.4 is 19.8 Å². The first-order chi connectivity index (χ1) is 18.4. The smallest absolute Gasteiger partial charge is 0.297 e. The van der Waals surface area contributed by atoms with Gasteiger partial charge in [0.1, 0.15) is 19.0 Å². The Hall–Kier alpha value is -3.47. The van der Waals surface area contributed by atoms with Gasteiger partial charge in [-0.3, -0.25) is 4.79 Å². The summed E-state index contributed by atoms with van der Waals surface area (Å²) in [6.45, 7) is 9.86. The molecule has 1 aromatic heterocycles. The van der Waals surface area contributed by atoms with E-state index in [1.165, 1.54) is 11.1 Å². The summed E-state index contributed by atoms with van der Waals surface area (Å²) < 4.78 is 20.0. The highest BCUT2D eigenvalue weighted by Crippen LogP contribution is 2.35. The molecule has 0 radical (unpaired) electrons. The van der Waals surface area contributed by atoms with Crippen LogP contribution >= 0.6 is 0 Å². The molecular weight excluding hydrogens is 474 g/mol. The maximum absolute atomic E-state index is 13.4. The van der Waals surface area contributed by atoms with Crippen molar-refractivity contribution in [1.82, 2.24) is 4.57 Å². The van der Waals surface area contributed by atoms with Gasteiger partial charge in [-0.1, -0.05) is 73.7 Å². The fraction of sp³-hybridized carbons (Fsp3) is 0.424. The number of benzene rings is 2. The molecule has 38 heavy (non-hydrogen) atoms. The highest BCUT2D eigenvalue weighted by Gasteiger charge is 2.19. The summed E-state index contributed by atoms with van der Waals surface area (Å²) in [5.41, 5.74) is 4.22. The Balaban J connectivity index is 1.87. The normalized spacial score (nSPS) is 11.4. The third kappa shape index (κ3) is 8.54. The van der Waals surface area contributed by atoms with Crippen molar-refractivity contribution in [3.05, 3.63) is 87.7 Å². The van der Waals surface area contributed by atoms with Gasteiger partial charge in [-0.05, 0) is 63.8 Å². The maximum atomic E-state index is 13.4. The topological polar surface area (TPSA) is 49.7 Å². The number of allylic oxidation sites excluding steroid dienone is 3. The van der Waals surface area contributed by atoms with E-state index < -0.39 is 0 Å². The number of aryl methyl sites for hydroxylation is 1. The molecule has 0 bridgehead atoms. The Kier molecular flexibility index (Phi) is 11.5. The highest BCUT2D eigenvalue weighted by molar-refractivity contribution is 5.89. The lowest BCUT2D eigenvalue weighted by molar-refractivity contribution is 0.273. The van der Waals surface area contributed by atoms with Crippen molar-refractivity contribution in [1.29, 1.82) is 0 Å². The van der Waals surface area contributed by atoms with Crippen molar-refractivity contribution in [2.45, 2.75) is 72.8 Å². The summed E-state index contributed by atoms with van der Waals surface area (Å²) in [7, 11) is 1.77. The molecule has 0 fully saturated rings. The first-order valence-electron chi connectivity index (χ1n) is 13.8. The molecule has 0 aliphatic heterocycles. The molecule has 0 unspecified atom stereocenters. The number of rotatable bonds is 15.